The first kappa shape index (κ1) is 19.7. The van der Waals surface area contributed by atoms with Gasteiger partial charge in [-0.1, -0.05) is 58.7 Å². The van der Waals surface area contributed by atoms with Crippen LogP contribution in [0.15, 0.2) is 77.3 Å². The molecule has 0 aliphatic heterocycles. The minimum Gasteiger partial charge on any atom is -0.482 e. The molecule has 1 aromatic heterocycles. The second kappa shape index (κ2) is 8.80. The Hall–Kier alpha value is -3.64. The lowest BCUT2D eigenvalue weighted by Gasteiger charge is -2.08. The molecule has 0 saturated carbocycles. The smallest absolute Gasteiger partial charge is 0.262 e. The number of aryl methyl sites for hydroxylation is 1. The minimum atomic E-state index is -0.290. The molecule has 0 saturated heterocycles. The van der Waals surface area contributed by atoms with Gasteiger partial charge >= 0.3 is 0 Å². The monoisotopic (exact) mass is 419 g/mol. The fraction of sp³-hybridized carbons (Fsp3) is 0.0870. The summed E-state index contributed by atoms with van der Waals surface area (Å²) >= 11 is 6.01. The zero-order valence-corrected chi connectivity index (χ0v) is 16.9. The first-order valence-corrected chi connectivity index (χ1v) is 9.65. The van der Waals surface area contributed by atoms with Crippen molar-refractivity contribution in [1.29, 1.82) is 0 Å². The largest absolute Gasteiger partial charge is 0.482 e. The van der Waals surface area contributed by atoms with Gasteiger partial charge in [-0.3, -0.25) is 4.79 Å². The van der Waals surface area contributed by atoms with Crippen molar-refractivity contribution in [2.75, 3.05) is 11.9 Å². The number of ether oxygens (including phenoxy) is 1. The van der Waals surface area contributed by atoms with Crippen molar-refractivity contribution in [3.63, 3.8) is 0 Å². The number of hydrogen-bond donors (Lipinski definition) is 1. The van der Waals surface area contributed by atoms with Gasteiger partial charge in [-0.05, 0) is 43.3 Å². The molecule has 0 aliphatic rings. The van der Waals surface area contributed by atoms with E-state index in [1.54, 1.807) is 48.5 Å². The molecule has 30 heavy (non-hydrogen) atoms. The van der Waals surface area contributed by atoms with E-state index >= 15 is 0 Å². The van der Waals surface area contributed by atoms with Crippen molar-refractivity contribution in [3.8, 4) is 28.6 Å². The molecule has 0 unspecified atom stereocenters. The van der Waals surface area contributed by atoms with Crippen LogP contribution in [0, 0.1) is 6.92 Å². The number of carbonyl (C=O) groups excluding carboxylic acids is 1. The van der Waals surface area contributed by atoms with Gasteiger partial charge in [0.1, 0.15) is 5.75 Å². The summed E-state index contributed by atoms with van der Waals surface area (Å²) in [5, 5.41) is 7.27. The summed E-state index contributed by atoms with van der Waals surface area (Å²) in [6, 6.07) is 22.0. The van der Waals surface area contributed by atoms with Gasteiger partial charge in [0.25, 0.3) is 11.8 Å². The molecule has 0 atom stereocenters. The summed E-state index contributed by atoms with van der Waals surface area (Å²) in [5.74, 6) is 1.11. The van der Waals surface area contributed by atoms with E-state index in [0.717, 1.165) is 16.7 Å². The van der Waals surface area contributed by atoms with Gasteiger partial charge in [0.05, 0.1) is 5.02 Å². The zero-order chi connectivity index (χ0) is 20.9. The van der Waals surface area contributed by atoms with E-state index in [0.29, 0.717) is 28.2 Å². The number of halogens is 1. The van der Waals surface area contributed by atoms with Crippen LogP contribution in [0.3, 0.4) is 0 Å². The molecule has 4 rings (SSSR count). The molecule has 3 aromatic carbocycles. The Morgan fingerprint density at radius 3 is 2.43 bits per heavy atom. The third-order valence-corrected chi connectivity index (χ3v) is 4.66. The van der Waals surface area contributed by atoms with Crippen molar-refractivity contribution in [3.05, 3.63) is 83.4 Å². The Kier molecular flexibility index (Phi) is 5.77. The number of rotatable bonds is 6. The van der Waals surface area contributed by atoms with E-state index in [-0.39, 0.29) is 12.5 Å². The Bertz CT molecular complexity index is 1160. The highest BCUT2D eigenvalue weighted by Gasteiger charge is 2.11. The molecule has 7 heteroatoms. The molecule has 1 N–H and O–H groups in total. The molecule has 1 heterocycles. The molecule has 150 valence electrons. The number of aromatic nitrogens is 2. The Morgan fingerprint density at radius 1 is 1.00 bits per heavy atom. The molecule has 0 bridgehead atoms. The number of anilines is 1. The third kappa shape index (κ3) is 4.67. The quantitative estimate of drug-likeness (QED) is 0.453. The first-order chi connectivity index (χ1) is 14.6. The highest BCUT2D eigenvalue weighted by molar-refractivity contribution is 6.32. The normalized spacial score (nSPS) is 10.6. The summed E-state index contributed by atoms with van der Waals surface area (Å²) in [6.45, 7) is 1.88. The molecular weight excluding hydrogens is 402 g/mol. The lowest BCUT2D eigenvalue weighted by Crippen LogP contribution is -2.20. The maximum atomic E-state index is 12.1. The van der Waals surface area contributed by atoms with Gasteiger partial charge in [0.15, 0.2) is 6.61 Å². The first-order valence-electron chi connectivity index (χ1n) is 9.27. The summed E-state index contributed by atoms with van der Waals surface area (Å²) in [6.07, 6.45) is 0. The molecule has 0 radical (unpaired) electrons. The van der Waals surface area contributed by atoms with Gasteiger partial charge in [0, 0.05) is 16.8 Å². The van der Waals surface area contributed by atoms with Crippen LogP contribution >= 0.6 is 11.6 Å². The van der Waals surface area contributed by atoms with Crippen LogP contribution in [0.4, 0.5) is 5.69 Å². The average molecular weight is 420 g/mol. The molecular formula is C23H18ClN3O3. The van der Waals surface area contributed by atoms with E-state index in [1.807, 2.05) is 31.2 Å². The molecule has 0 aliphatic carbocycles. The fourth-order valence-corrected chi connectivity index (χ4v) is 2.95. The molecule has 4 aromatic rings. The highest BCUT2D eigenvalue weighted by atomic mass is 35.5. The van der Waals surface area contributed by atoms with Gasteiger partial charge in [-0.25, -0.2) is 0 Å². The van der Waals surface area contributed by atoms with Crippen LogP contribution in [0.2, 0.25) is 5.02 Å². The maximum absolute atomic E-state index is 12.1. The van der Waals surface area contributed by atoms with E-state index in [1.165, 1.54) is 0 Å². The van der Waals surface area contributed by atoms with Gasteiger partial charge in [-0.15, -0.1) is 0 Å². The van der Waals surface area contributed by atoms with Crippen molar-refractivity contribution >= 4 is 23.2 Å². The summed E-state index contributed by atoms with van der Waals surface area (Å²) in [7, 11) is 0. The standard InChI is InChI=1S/C23H18ClN3O3/c1-15-6-8-16(9-7-15)22-26-23(30-27-22)17-10-12-18(13-11-17)25-21(28)14-29-20-5-3-2-4-19(20)24/h2-13H,14H2,1H3,(H,25,28). The Labute approximate surface area is 178 Å². The zero-order valence-electron chi connectivity index (χ0n) is 16.1. The van der Waals surface area contributed by atoms with Crippen LogP contribution in [-0.4, -0.2) is 22.7 Å². The van der Waals surface area contributed by atoms with Gasteiger partial charge in [0.2, 0.25) is 5.82 Å². The lowest BCUT2D eigenvalue weighted by atomic mass is 10.1. The van der Waals surface area contributed by atoms with E-state index in [2.05, 4.69) is 15.5 Å². The number of nitrogens with zero attached hydrogens (tertiary/aromatic N) is 2. The Balaban J connectivity index is 1.38. The number of hydrogen-bond acceptors (Lipinski definition) is 5. The fourth-order valence-electron chi connectivity index (χ4n) is 2.76. The minimum absolute atomic E-state index is 0.144. The van der Waals surface area contributed by atoms with Crippen molar-refractivity contribution in [2.45, 2.75) is 6.92 Å². The number of para-hydroxylation sites is 1. The summed E-state index contributed by atoms with van der Waals surface area (Å²) in [4.78, 5) is 16.6. The number of nitrogens with one attached hydrogen (secondary N) is 1. The van der Waals surface area contributed by atoms with E-state index in [4.69, 9.17) is 20.9 Å². The van der Waals surface area contributed by atoms with Crippen LogP contribution in [0.25, 0.3) is 22.8 Å². The molecule has 0 fully saturated rings. The predicted molar refractivity (Wildman–Crippen MR) is 115 cm³/mol. The molecule has 6 nitrogen and oxygen atoms in total. The predicted octanol–water partition coefficient (Wildman–Crippen LogP) is 5.38. The van der Waals surface area contributed by atoms with Crippen LogP contribution in [-0.2, 0) is 4.79 Å². The van der Waals surface area contributed by atoms with Crippen molar-refractivity contribution in [2.24, 2.45) is 0 Å². The number of carbonyl (C=O) groups is 1. The highest BCUT2D eigenvalue weighted by Crippen LogP contribution is 2.25. The van der Waals surface area contributed by atoms with Crippen molar-refractivity contribution in [1.82, 2.24) is 10.1 Å². The van der Waals surface area contributed by atoms with E-state index in [9.17, 15) is 4.79 Å². The van der Waals surface area contributed by atoms with Gasteiger partial charge in [-0.2, -0.15) is 4.98 Å². The SMILES string of the molecule is Cc1ccc(-c2noc(-c3ccc(NC(=O)COc4ccccc4Cl)cc3)n2)cc1. The van der Waals surface area contributed by atoms with Crippen LogP contribution in [0.1, 0.15) is 5.56 Å². The van der Waals surface area contributed by atoms with Crippen LogP contribution in [0.5, 0.6) is 5.75 Å². The summed E-state index contributed by atoms with van der Waals surface area (Å²) < 4.78 is 10.8. The number of benzene rings is 3. The maximum Gasteiger partial charge on any atom is 0.262 e. The summed E-state index contributed by atoms with van der Waals surface area (Å²) in [5.41, 5.74) is 3.44. The second-order valence-corrected chi connectivity index (χ2v) is 7.04. The number of amides is 1. The van der Waals surface area contributed by atoms with E-state index < -0.39 is 0 Å². The third-order valence-electron chi connectivity index (χ3n) is 4.35. The lowest BCUT2D eigenvalue weighted by molar-refractivity contribution is -0.118. The Morgan fingerprint density at radius 2 is 1.70 bits per heavy atom. The van der Waals surface area contributed by atoms with Crippen molar-refractivity contribution < 1.29 is 14.1 Å². The average Bonchev–Trinajstić information content (AvgIpc) is 3.24. The second-order valence-electron chi connectivity index (χ2n) is 6.63. The topological polar surface area (TPSA) is 77.2 Å². The molecule has 1 amide bonds. The molecule has 0 spiro atoms. The van der Waals surface area contributed by atoms with Crippen LogP contribution < -0.4 is 10.1 Å². The van der Waals surface area contributed by atoms with Gasteiger partial charge < -0.3 is 14.6 Å².